The van der Waals surface area contributed by atoms with Gasteiger partial charge in [-0.2, -0.15) is 5.10 Å². The van der Waals surface area contributed by atoms with Crippen molar-refractivity contribution in [3.63, 3.8) is 0 Å². The van der Waals surface area contributed by atoms with Gasteiger partial charge in [0.05, 0.1) is 17.1 Å². The van der Waals surface area contributed by atoms with Crippen LogP contribution in [0, 0.1) is 6.92 Å². The molecule has 1 atom stereocenters. The van der Waals surface area contributed by atoms with E-state index in [1.165, 1.54) is 4.68 Å². The zero-order chi connectivity index (χ0) is 19.7. The molecule has 1 aromatic heterocycles. The molecule has 4 rings (SSSR count). The van der Waals surface area contributed by atoms with Crippen LogP contribution in [0.5, 0.6) is 0 Å². The van der Waals surface area contributed by atoms with Crippen LogP contribution in [0.4, 0.5) is 0 Å². The van der Waals surface area contributed by atoms with E-state index in [0.29, 0.717) is 5.39 Å². The molecule has 1 unspecified atom stereocenters. The molecule has 0 aliphatic heterocycles. The Balaban J connectivity index is 1.59. The first-order chi connectivity index (χ1) is 13.5. The van der Waals surface area contributed by atoms with Crippen molar-refractivity contribution < 1.29 is 4.79 Å². The smallest absolute Gasteiger partial charge is 0.275 e. The van der Waals surface area contributed by atoms with Crippen LogP contribution >= 0.6 is 0 Å². The summed E-state index contributed by atoms with van der Waals surface area (Å²) in [6, 6.07) is 21.3. The van der Waals surface area contributed by atoms with Crippen LogP contribution in [0.15, 0.2) is 71.5 Å². The molecule has 140 valence electrons. The van der Waals surface area contributed by atoms with E-state index < -0.39 is 0 Å². The topological polar surface area (TPSA) is 64.0 Å². The molecule has 0 saturated carbocycles. The lowest BCUT2D eigenvalue weighted by atomic mass is 10.00. The predicted octanol–water partition coefficient (Wildman–Crippen LogP) is 3.74. The molecule has 0 saturated heterocycles. The van der Waals surface area contributed by atoms with Crippen LogP contribution in [0.3, 0.4) is 0 Å². The Kier molecular flexibility index (Phi) is 4.65. The fourth-order valence-electron chi connectivity index (χ4n) is 3.64. The highest BCUT2D eigenvalue weighted by molar-refractivity contribution is 5.87. The van der Waals surface area contributed by atoms with Crippen molar-refractivity contribution >= 4 is 27.5 Å². The van der Waals surface area contributed by atoms with Gasteiger partial charge in [0.2, 0.25) is 5.91 Å². The number of amides is 1. The highest BCUT2D eigenvalue weighted by Gasteiger charge is 2.15. The summed E-state index contributed by atoms with van der Waals surface area (Å²) in [5, 5.41) is 10.9. The van der Waals surface area contributed by atoms with Crippen molar-refractivity contribution in [3.8, 4) is 0 Å². The lowest BCUT2D eigenvalue weighted by Gasteiger charge is -2.17. The number of nitrogens with zero attached hydrogens (tertiary/aromatic N) is 2. The van der Waals surface area contributed by atoms with Gasteiger partial charge in [0.25, 0.3) is 5.56 Å². The molecule has 1 heterocycles. The van der Waals surface area contributed by atoms with Gasteiger partial charge in [-0.25, -0.2) is 4.68 Å². The second-order valence-corrected chi connectivity index (χ2v) is 6.95. The summed E-state index contributed by atoms with van der Waals surface area (Å²) < 4.78 is 1.24. The summed E-state index contributed by atoms with van der Waals surface area (Å²) in [5.74, 6) is -0.246. The average Bonchev–Trinajstić information content (AvgIpc) is 2.71. The standard InChI is InChI=1S/C23H21N3O2/c1-15(18-13-7-9-17-8-3-4-11-20(17)18)24-22(27)14-26-23(28)21-12-6-5-10-19(21)16(2)25-26/h3-13,15H,14H2,1-2H3,(H,24,27). The largest absolute Gasteiger partial charge is 0.348 e. The van der Waals surface area contributed by atoms with E-state index in [0.717, 1.165) is 27.4 Å². The zero-order valence-electron chi connectivity index (χ0n) is 15.8. The summed E-state index contributed by atoms with van der Waals surface area (Å²) in [5.41, 5.74) is 1.51. The van der Waals surface area contributed by atoms with Gasteiger partial charge in [-0.1, -0.05) is 60.7 Å². The Morgan fingerprint density at radius 1 is 0.964 bits per heavy atom. The molecule has 0 bridgehead atoms. The van der Waals surface area contributed by atoms with E-state index in [4.69, 9.17) is 0 Å². The first-order valence-corrected chi connectivity index (χ1v) is 9.28. The number of benzene rings is 3. The van der Waals surface area contributed by atoms with E-state index in [1.54, 1.807) is 6.07 Å². The lowest BCUT2D eigenvalue weighted by Crippen LogP contribution is -2.35. The highest BCUT2D eigenvalue weighted by Crippen LogP contribution is 2.24. The summed E-state index contributed by atoms with van der Waals surface area (Å²) in [6.45, 7) is 3.68. The van der Waals surface area contributed by atoms with Crippen LogP contribution in [-0.4, -0.2) is 15.7 Å². The Hall–Kier alpha value is -3.47. The first kappa shape index (κ1) is 17.9. The van der Waals surface area contributed by atoms with Crippen LogP contribution < -0.4 is 10.9 Å². The van der Waals surface area contributed by atoms with Crippen molar-refractivity contribution in [3.05, 3.63) is 88.3 Å². The first-order valence-electron chi connectivity index (χ1n) is 9.28. The molecule has 3 aromatic carbocycles. The number of carbonyl (C=O) groups excluding carboxylic acids is 1. The zero-order valence-corrected chi connectivity index (χ0v) is 15.8. The minimum atomic E-state index is -0.255. The van der Waals surface area contributed by atoms with Crippen LogP contribution in [0.1, 0.15) is 24.2 Å². The molecular weight excluding hydrogens is 350 g/mol. The maximum atomic E-state index is 12.7. The van der Waals surface area contributed by atoms with Crippen molar-refractivity contribution in [2.45, 2.75) is 26.4 Å². The maximum Gasteiger partial charge on any atom is 0.275 e. The van der Waals surface area contributed by atoms with Crippen molar-refractivity contribution in [1.82, 2.24) is 15.1 Å². The van der Waals surface area contributed by atoms with Gasteiger partial charge >= 0.3 is 0 Å². The summed E-state index contributed by atoms with van der Waals surface area (Å²) in [4.78, 5) is 25.3. The molecule has 1 amide bonds. The van der Waals surface area contributed by atoms with E-state index in [9.17, 15) is 9.59 Å². The predicted molar refractivity (Wildman–Crippen MR) is 111 cm³/mol. The highest BCUT2D eigenvalue weighted by atomic mass is 16.2. The number of aryl methyl sites for hydroxylation is 1. The minimum Gasteiger partial charge on any atom is -0.348 e. The second-order valence-electron chi connectivity index (χ2n) is 6.95. The van der Waals surface area contributed by atoms with Crippen molar-refractivity contribution in [2.75, 3.05) is 0 Å². The van der Waals surface area contributed by atoms with Crippen LogP contribution in [-0.2, 0) is 11.3 Å². The molecule has 0 radical (unpaired) electrons. The third kappa shape index (κ3) is 3.27. The molecule has 5 nitrogen and oxygen atoms in total. The number of carbonyl (C=O) groups is 1. The second kappa shape index (κ2) is 7.27. The van der Waals surface area contributed by atoms with Gasteiger partial charge in [0, 0.05) is 5.39 Å². The number of nitrogens with one attached hydrogen (secondary N) is 1. The van der Waals surface area contributed by atoms with E-state index in [-0.39, 0.29) is 24.1 Å². The molecule has 1 N–H and O–H groups in total. The van der Waals surface area contributed by atoms with Crippen molar-refractivity contribution in [1.29, 1.82) is 0 Å². The Morgan fingerprint density at radius 2 is 1.61 bits per heavy atom. The quantitative estimate of drug-likeness (QED) is 0.594. The lowest BCUT2D eigenvalue weighted by molar-refractivity contribution is -0.122. The fourth-order valence-corrected chi connectivity index (χ4v) is 3.64. The molecule has 0 fully saturated rings. The summed E-state index contributed by atoms with van der Waals surface area (Å²) in [6.07, 6.45) is 0. The van der Waals surface area contributed by atoms with Crippen LogP contribution in [0.2, 0.25) is 0 Å². The Bertz CT molecular complexity index is 1240. The fraction of sp³-hybridized carbons (Fsp3) is 0.174. The number of rotatable bonds is 4. The monoisotopic (exact) mass is 371 g/mol. The van der Waals surface area contributed by atoms with Crippen molar-refractivity contribution in [2.24, 2.45) is 0 Å². The third-order valence-corrected chi connectivity index (χ3v) is 5.01. The Morgan fingerprint density at radius 3 is 2.39 bits per heavy atom. The summed E-state index contributed by atoms with van der Waals surface area (Å²) in [7, 11) is 0. The van der Waals surface area contributed by atoms with E-state index in [1.807, 2.05) is 62.4 Å². The average molecular weight is 371 g/mol. The van der Waals surface area contributed by atoms with Gasteiger partial charge in [-0.05, 0) is 36.2 Å². The Labute approximate surface area is 162 Å². The number of hydrogen-bond donors (Lipinski definition) is 1. The molecular formula is C23H21N3O2. The van der Waals surface area contributed by atoms with Gasteiger partial charge in [-0.3, -0.25) is 9.59 Å². The number of hydrogen-bond acceptors (Lipinski definition) is 3. The third-order valence-electron chi connectivity index (χ3n) is 5.01. The minimum absolute atomic E-state index is 0.111. The van der Waals surface area contributed by atoms with E-state index in [2.05, 4.69) is 22.5 Å². The normalized spacial score (nSPS) is 12.2. The van der Waals surface area contributed by atoms with Gasteiger partial charge in [0.15, 0.2) is 0 Å². The van der Waals surface area contributed by atoms with Gasteiger partial charge in [0.1, 0.15) is 6.54 Å². The molecule has 0 aliphatic rings. The summed E-state index contributed by atoms with van der Waals surface area (Å²) >= 11 is 0. The van der Waals surface area contributed by atoms with E-state index >= 15 is 0 Å². The van der Waals surface area contributed by atoms with Gasteiger partial charge in [-0.15, -0.1) is 0 Å². The molecule has 0 spiro atoms. The van der Waals surface area contributed by atoms with Gasteiger partial charge < -0.3 is 5.32 Å². The molecule has 28 heavy (non-hydrogen) atoms. The molecule has 0 aliphatic carbocycles. The van der Waals surface area contributed by atoms with Crippen LogP contribution in [0.25, 0.3) is 21.5 Å². The number of fused-ring (bicyclic) bond motifs is 2. The SMILES string of the molecule is Cc1nn(CC(=O)NC(C)c2cccc3ccccc23)c(=O)c2ccccc12. The molecule has 4 aromatic rings. The number of aromatic nitrogens is 2. The maximum absolute atomic E-state index is 12.7. The molecule has 5 heteroatoms.